The van der Waals surface area contributed by atoms with Gasteiger partial charge in [-0.2, -0.15) is 0 Å². The Morgan fingerprint density at radius 1 is 1.10 bits per heavy atom. The Balaban J connectivity index is 2.81. The van der Waals surface area contributed by atoms with Gasteiger partial charge in [-0.25, -0.2) is 0 Å². The molecule has 0 aliphatic carbocycles. The van der Waals surface area contributed by atoms with Gasteiger partial charge in [0.25, 0.3) is 0 Å². The minimum atomic E-state index is -0.513. The number of likely N-dealkylation sites (N-methyl/N-ethyl adjacent to an activating group) is 1. The van der Waals surface area contributed by atoms with Crippen LogP contribution in [0.15, 0.2) is 30.3 Å². The molecule has 0 radical (unpaired) electrons. The van der Waals surface area contributed by atoms with Crippen LogP contribution in [0.4, 0.5) is 0 Å². The molecule has 0 aromatic heterocycles. The van der Waals surface area contributed by atoms with E-state index < -0.39 is 5.41 Å². The molecular formula is C18H30N2O. The molecule has 0 aliphatic rings. The Morgan fingerprint density at radius 2 is 1.62 bits per heavy atom. The lowest BCUT2D eigenvalue weighted by Crippen LogP contribution is -2.54. The zero-order valence-corrected chi connectivity index (χ0v) is 14.4. The topological polar surface area (TPSA) is 32.3 Å². The summed E-state index contributed by atoms with van der Waals surface area (Å²) in [6, 6.07) is 9.96. The van der Waals surface area contributed by atoms with Crippen LogP contribution in [-0.2, 0) is 10.2 Å². The first-order valence-corrected chi connectivity index (χ1v) is 7.81. The van der Waals surface area contributed by atoms with Gasteiger partial charge in [0.1, 0.15) is 0 Å². The molecular weight excluding hydrogens is 260 g/mol. The third-order valence-corrected chi connectivity index (χ3v) is 4.91. The van der Waals surface area contributed by atoms with Crippen LogP contribution in [0.3, 0.4) is 0 Å². The molecule has 3 nitrogen and oxygen atoms in total. The highest BCUT2D eigenvalue weighted by Crippen LogP contribution is 2.25. The molecule has 1 N–H and O–H groups in total. The zero-order chi connectivity index (χ0) is 16.1. The Bertz CT molecular complexity index is 448. The van der Waals surface area contributed by atoms with Crippen LogP contribution in [0.5, 0.6) is 0 Å². The largest absolute Gasteiger partial charge is 0.353 e. The maximum absolute atomic E-state index is 12.6. The van der Waals surface area contributed by atoms with Crippen molar-refractivity contribution in [2.45, 2.75) is 51.5 Å². The lowest BCUT2D eigenvalue weighted by Gasteiger charge is -2.39. The number of carbonyl (C=O) groups is 1. The predicted molar refractivity (Wildman–Crippen MR) is 89.5 cm³/mol. The number of hydrogen-bond donors (Lipinski definition) is 1. The van der Waals surface area contributed by atoms with Gasteiger partial charge in [-0.3, -0.25) is 4.79 Å². The standard InChI is InChI=1S/C18H30N2O/c1-7-18(8-2,20(5)6)14-19-16(21)17(3,4)15-12-10-9-11-13-15/h9-13H,7-8,14H2,1-6H3,(H,19,21). The summed E-state index contributed by atoms with van der Waals surface area (Å²) >= 11 is 0. The minimum Gasteiger partial charge on any atom is -0.353 e. The summed E-state index contributed by atoms with van der Waals surface area (Å²) in [4.78, 5) is 14.9. The second-order valence-corrected chi connectivity index (χ2v) is 6.50. The molecule has 0 aliphatic heterocycles. The number of hydrogen-bond acceptors (Lipinski definition) is 2. The number of nitrogens with one attached hydrogen (secondary N) is 1. The SMILES string of the molecule is CCC(CC)(CNC(=O)C(C)(C)c1ccccc1)N(C)C. The highest BCUT2D eigenvalue weighted by molar-refractivity contribution is 5.87. The third kappa shape index (κ3) is 3.85. The van der Waals surface area contributed by atoms with E-state index in [-0.39, 0.29) is 11.4 Å². The molecule has 0 fully saturated rings. The van der Waals surface area contributed by atoms with Crippen LogP contribution in [0.25, 0.3) is 0 Å². The molecule has 0 atom stereocenters. The Morgan fingerprint density at radius 3 is 2.05 bits per heavy atom. The van der Waals surface area contributed by atoms with Gasteiger partial charge in [-0.15, -0.1) is 0 Å². The van der Waals surface area contributed by atoms with Crippen molar-refractivity contribution in [3.05, 3.63) is 35.9 Å². The fraction of sp³-hybridized carbons (Fsp3) is 0.611. The Kier molecular flexibility index (Phi) is 5.97. The molecule has 21 heavy (non-hydrogen) atoms. The molecule has 0 saturated carbocycles. The number of rotatable bonds is 7. The van der Waals surface area contributed by atoms with E-state index in [0.29, 0.717) is 6.54 Å². The van der Waals surface area contributed by atoms with Crippen LogP contribution < -0.4 is 5.32 Å². The minimum absolute atomic E-state index is 0.0302. The van der Waals surface area contributed by atoms with E-state index in [4.69, 9.17) is 0 Å². The average molecular weight is 290 g/mol. The normalized spacial score (nSPS) is 12.5. The van der Waals surface area contributed by atoms with Crippen molar-refractivity contribution in [3.63, 3.8) is 0 Å². The quantitative estimate of drug-likeness (QED) is 0.836. The monoisotopic (exact) mass is 290 g/mol. The Labute approximate surface area is 129 Å². The van der Waals surface area contributed by atoms with Gasteiger partial charge in [0.15, 0.2) is 0 Å². The summed E-state index contributed by atoms with van der Waals surface area (Å²) in [5.41, 5.74) is 0.564. The second kappa shape index (κ2) is 7.08. The lowest BCUT2D eigenvalue weighted by atomic mass is 9.83. The summed E-state index contributed by atoms with van der Waals surface area (Å²) in [7, 11) is 4.17. The van der Waals surface area contributed by atoms with Gasteiger partial charge >= 0.3 is 0 Å². The van der Waals surface area contributed by atoms with Crippen LogP contribution >= 0.6 is 0 Å². The van der Waals surface area contributed by atoms with Crippen molar-refractivity contribution < 1.29 is 4.79 Å². The molecule has 0 unspecified atom stereocenters. The maximum Gasteiger partial charge on any atom is 0.230 e. The smallest absolute Gasteiger partial charge is 0.230 e. The van der Waals surface area contributed by atoms with Crippen molar-refractivity contribution >= 4 is 5.91 Å². The molecule has 1 aromatic carbocycles. The maximum atomic E-state index is 12.6. The summed E-state index contributed by atoms with van der Waals surface area (Å²) in [6.45, 7) is 9.00. The first-order chi connectivity index (χ1) is 9.80. The first kappa shape index (κ1) is 17.7. The third-order valence-electron chi connectivity index (χ3n) is 4.91. The fourth-order valence-corrected chi connectivity index (χ4v) is 2.74. The van der Waals surface area contributed by atoms with E-state index in [0.717, 1.165) is 18.4 Å². The zero-order valence-electron chi connectivity index (χ0n) is 14.4. The fourth-order valence-electron chi connectivity index (χ4n) is 2.74. The van der Waals surface area contributed by atoms with E-state index in [9.17, 15) is 4.79 Å². The summed E-state index contributed by atoms with van der Waals surface area (Å²) < 4.78 is 0. The first-order valence-electron chi connectivity index (χ1n) is 7.81. The predicted octanol–water partition coefficient (Wildman–Crippen LogP) is 3.20. The van der Waals surface area contributed by atoms with E-state index >= 15 is 0 Å². The summed E-state index contributed by atoms with van der Waals surface area (Å²) in [5, 5.41) is 3.16. The van der Waals surface area contributed by atoms with Gasteiger partial charge < -0.3 is 10.2 Å². The molecule has 118 valence electrons. The van der Waals surface area contributed by atoms with Crippen molar-refractivity contribution in [2.75, 3.05) is 20.6 Å². The molecule has 1 amide bonds. The van der Waals surface area contributed by atoms with Crippen molar-refractivity contribution in [3.8, 4) is 0 Å². The summed E-state index contributed by atoms with van der Waals surface area (Å²) in [5.74, 6) is 0.0850. The highest BCUT2D eigenvalue weighted by Gasteiger charge is 2.33. The molecule has 1 aromatic rings. The number of amides is 1. The van der Waals surface area contributed by atoms with Crippen molar-refractivity contribution in [1.82, 2.24) is 10.2 Å². The molecule has 1 rings (SSSR count). The van der Waals surface area contributed by atoms with E-state index in [1.807, 2.05) is 44.2 Å². The van der Waals surface area contributed by atoms with Crippen LogP contribution in [0, 0.1) is 0 Å². The van der Waals surface area contributed by atoms with Gasteiger partial charge in [0, 0.05) is 12.1 Å². The van der Waals surface area contributed by atoms with Crippen molar-refractivity contribution in [1.29, 1.82) is 0 Å². The molecule has 0 heterocycles. The van der Waals surface area contributed by atoms with Crippen molar-refractivity contribution in [2.24, 2.45) is 0 Å². The second-order valence-electron chi connectivity index (χ2n) is 6.50. The van der Waals surface area contributed by atoms with Gasteiger partial charge in [-0.05, 0) is 46.3 Å². The van der Waals surface area contributed by atoms with E-state index in [1.54, 1.807) is 0 Å². The van der Waals surface area contributed by atoms with E-state index in [2.05, 4.69) is 38.2 Å². The molecule has 0 bridgehead atoms. The van der Waals surface area contributed by atoms with Gasteiger partial charge in [0.2, 0.25) is 5.91 Å². The van der Waals surface area contributed by atoms with Gasteiger partial charge in [0.05, 0.1) is 5.41 Å². The number of carbonyl (C=O) groups excluding carboxylic acids is 1. The number of nitrogens with zero attached hydrogens (tertiary/aromatic N) is 1. The van der Waals surface area contributed by atoms with E-state index in [1.165, 1.54) is 0 Å². The molecule has 3 heteroatoms. The average Bonchev–Trinajstić information content (AvgIpc) is 2.49. The van der Waals surface area contributed by atoms with Crippen LogP contribution in [0.2, 0.25) is 0 Å². The molecule has 0 spiro atoms. The van der Waals surface area contributed by atoms with Crippen LogP contribution in [-0.4, -0.2) is 37.0 Å². The van der Waals surface area contributed by atoms with Crippen LogP contribution in [0.1, 0.15) is 46.1 Å². The Hall–Kier alpha value is -1.35. The lowest BCUT2D eigenvalue weighted by molar-refractivity contribution is -0.126. The molecule has 0 saturated heterocycles. The van der Waals surface area contributed by atoms with Gasteiger partial charge in [-0.1, -0.05) is 44.2 Å². The number of benzene rings is 1. The highest BCUT2D eigenvalue weighted by atomic mass is 16.2. The summed E-state index contributed by atoms with van der Waals surface area (Å²) in [6.07, 6.45) is 2.03.